The SMILES string of the molecule is C.COc1ccc(C(C)(c2ccccc2)c2ccc(OC)cc2)cc1.C[C@@H]1C[C@@H](C)[C@H]2OC=C[C@H]21.C[C@@H]1C[C@@H](O)[C@H]2OC=C[C@H]21.O=[S-](=O)C(F)(F)F.[O]=[Ag]. The molecule has 2 fully saturated rings. The minimum atomic E-state index is -5.08. The van der Waals surface area contributed by atoms with Crippen LogP contribution in [-0.2, 0) is 58.3 Å². The van der Waals surface area contributed by atoms with E-state index < -0.39 is 16.2 Å². The summed E-state index contributed by atoms with van der Waals surface area (Å²) < 4.78 is 78.9. The van der Waals surface area contributed by atoms with Crippen molar-refractivity contribution in [3.8, 4) is 11.5 Å². The average molecular weight is 870 g/mol. The van der Waals surface area contributed by atoms with Crippen molar-refractivity contribution >= 4 is 10.7 Å². The van der Waals surface area contributed by atoms with Gasteiger partial charge in [0.05, 0.1) is 32.8 Å². The fourth-order valence-electron chi connectivity index (χ4n) is 7.41. The van der Waals surface area contributed by atoms with Crippen LogP contribution in [0.3, 0.4) is 0 Å². The van der Waals surface area contributed by atoms with Crippen LogP contribution in [0.25, 0.3) is 0 Å². The molecule has 0 radical (unpaired) electrons. The van der Waals surface area contributed by atoms with Gasteiger partial charge in [0.1, 0.15) is 23.7 Å². The Hall–Kier alpha value is -3.42. The summed E-state index contributed by atoms with van der Waals surface area (Å²) in [6.07, 6.45) is 10.4. The van der Waals surface area contributed by atoms with E-state index in [1.54, 1.807) is 41.5 Å². The van der Waals surface area contributed by atoms with E-state index in [4.69, 9.17) is 30.6 Å². The third-order valence-corrected chi connectivity index (χ3v) is 10.7. The number of aliphatic hydroxyl groups excluding tert-OH is 1. The van der Waals surface area contributed by atoms with Crippen molar-refractivity contribution in [2.45, 2.75) is 77.2 Å². The van der Waals surface area contributed by atoms with Crippen molar-refractivity contribution in [2.24, 2.45) is 29.6 Å². The van der Waals surface area contributed by atoms with Crippen LogP contribution in [-0.4, -0.2) is 43.1 Å². The second-order valence-electron chi connectivity index (χ2n) is 13.6. The van der Waals surface area contributed by atoms with Crippen LogP contribution >= 0.6 is 0 Å². The molecule has 303 valence electrons. The summed E-state index contributed by atoms with van der Waals surface area (Å²) in [5, 5.41) is 9.40. The quantitative estimate of drug-likeness (QED) is 0.154. The number of hydrogen-bond acceptors (Lipinski definition) is 9. The molecule has 4 aliphatic rings. The molecule has 7 rings (SSSR count). The zero-order chi connectivity index (χ0) is 39.3. The number of fused-ring (bicyclic) bond motifs is 2. The molecule has 3 aromatic carbocycles. The van der Waals surface area contributed by atoms with Crippen LogP contribution in [0.1, 0.15) is 64.7 Å². The Labute approximate surface area is 332 Å². The molecule has 0 bridgehead atoms. The first-order chi connectivity index (χ1) is 25.2. The van der Waals surface area contributed by atoms with Gasteiger partial charge in [-0.15, -0.1) is 0 Å². The third kappa shape index (κ3) is 11.8. The summed E-state index contributed by atoms with van der Waals surface area (Å²) in [7, 11) is -0.554. The van der Waals surface area contributed by atoms with Crippen molar-refractivity contribution in [1.29, 1.82) is 0 Å². The topological polar surface area (TPSA) is 108 Å². The molecule has 2 aliphatic heterocycles. The molecule has 8 nitrogen and oxygen atoms in total. The number of aliphatic hydroxyl groups is 1. The van der Waals surface area contributed by atoms with E-state index in [-0.39, 0.29) is 25.0 Å². The van der Waals surface area contributed by atoms with Crippen LogP contribution in [0.5, 0.6) is 11.5 Å². The number of alkyl halides is 3. The summed E-state index contributed by atoms with van der Waals surface area (Å²) in [5.41, 5.74) is -1.64. The van der Waals surface area contributed by atoms with Gasteiger partial charge in [-0.3, -0.25) is 0 Å². The minimum absolute atomic E-state index is 0. The average Bonchev–Trinajstić information content (AvgIpc) is 3.96. The maximum atomic E-state index is 10.6. The first kappa shape index (κ1) is 46.7. The first-order valence-electron chi connectivity index (χ1n) is 17.2. The monoisotopic (exact) mass is 868 g/mol. The van der Waals surface area contributed by atoms with E-state index >= 15 is 0 Å². The van der Waals surface area contributed by atoms with Gasteiger partial charge in [-0.25, -0.2) is 0 Å². The molecule has 2 heterocycles. The first-order valence-corrected chi connectivity index (χ1v) is 18.8. The molecule has 0 saturated heterocycles. The standard InChI is InChI=1S/C22H22O2.C9H14O.C8H12O2.CF3O2S.CH4.Ag.O/c1-22(17-7-5-4-6-8-17,18-9-13-20(23-2)14-10-18)19-11-15-21(24-3)16-12-19;1-6-5-7(2)9-8(6)3-4-10-9;1-5-4-7(9)8-6(5)2-3-10-8;2-1(3,4)7(5)6;;;/h4-16H,1-3H3;3-4,6-9H,5H2,1-2H3;2-3,5-9H,4H2,1H3;;1H4;;/q;;;-1;;;/t;6-,7-,8+,9-;5-,6+,7-,8+;;;;/m.11..../s1. The zero-order valence-corrected chi connectivity index (χ0v) is 32.8. The molecule has 2 aliphatic carbocycles. The molecule has 0 aromatic heterocycles. The Bertz CT molecular complexity index is 1590. The molecule has 3 aromatic rings. The van der Waals surface area contributed by atoms with Crippen molar-refractivity contribution in [3.63, 3.8) is 0 Å². The molecule has 54 heavy (non-hydrogen) atoms. The normalized spacial score (nSPS) is 25.6. The maximum absolute atomic E-state index is 10.6. The third-order valence-electron chi connectivity index (χ3n) is 10.3. The predicted molar refractivity (Wildman–Crippen MR) is 198 cm³/mol. The number of methoxy groups -OCH3 is 2. The molecule has 1 N–H and O–H groups in total. The van der Waals surface area contributed by atoms with Crippen LogP contribution in [0.4, 0.5) is 13.2 Å². The Morgan fingerprint density at radius 3 is 1.46 bits per heavy atom. The Morgan fingerprint density at radius 2 is 1.07 bits per heavy atom. The van der Waals surface area contributed by atoms with Gasteiger partial charge in [-0.2, -0.15) is 13.2 Å². The fraction of sp³-hybridized carbons (Fsp3) is 0.463. The summed E-state index contributed by atoms with van der Waals surface area (Å²) >= 11 is 1.70. The van der Waals surface area contributed by atoms with E-state index in [2.05, 4.69) is 88.4 Å². The van der Waals surface area contributed by atoms with Crippen molar-refractivity contribution in [3.05, 3.63) is 120 Å². The van der Waals surface area contributed by atoms with Gasteiger partial charge in [-0.05, 0) is 90.6 Å². The molecule has 13 heteroatoms. The summed E-state index contributed by atoms with van der Waals surface area (Å²) in [6.45, 7) is 9.02. The summed E-state index contributed by atoms with van der Waals surface area (Å²) in [4.78, 5) is 0. The van der Waals surface area contributed by atoms with Crippen LogP contribution in [0.2, 0.25) is 0 Å². The second-order valence-corrected chi connectivity index (χ2v) is 14.5. The predicted octanol–water partition coefficient (Wildman–Crippen LogP) is 9.50. The van der Waals surface area contributed by atoms with E-state index in [0.29, 0.717) is 17.9 Å². The van der Waals surface area contributed by atoms with Crippen molar-refractivity contribution < 1.29 is 69.9 Å². The number of ether oxygens (including phenoxy) is 4. The van der Waals surface area contributed by atoms with Crippen LogP contribution in [0.15, 0.2) is 104 Å². The zero-order valence-electron chi connectivity index (χ0n) is 30.5. The second kappa shape index (κ2) is 21.6. The van der Waals surface area contributed by atoms with Crippen molar-refractivity contribution in [1.82, 2.24) is 0 Å². The van der Waals surface area contributed by atoms with E-state index in [0.717, 1.165) is 35.7 Å². The fourth-order valence-corrected chi connectivity index (χ4v) is 7.41. The molecule has 0 unspecified atom stereocenters. The Morgan fingerprint density at radius 1 is 0.685 bits per heavy atom. The van der Waals surface area contributed by atoms with Crippen LogP contribution in [0, 0.1) is 29.6 Å². The Balaban J connectivity index is 0.000000277. The van der Waals surface area contributed by atoms with Gasteiger partial charge in [0, 0.05) is 28.0 Å². The van der Waals surface area contributed by atoms with Gasteiger partial charge >= 0.3 is 29.8 Å². The van der Waals surface area contributed by atoms with Gasteiger partial charge in [0.2, 0.25) is 0 Å². The molecule has 0 spiro atoms. The van der Waals surface area contributed by atoms with Gasteiger partial charge in [0.25, 0.3) is 0 Å². The molecule has 2 saturated carbocycles. The van der Waals surface area contributed by atoms with E-state index in [1.807, 2.05) is 36.6 Å². The van der Waals surface area contributed by atoms with Gasteiger partial charge < -0.3 is 32.5 Å². The number of benzene rings is 3. The number of hydrogen-bond donors (Lipinski definition) is 1. The van der Waals surface area contributed by atoms with E-state index in [1.165, 1.54) is 23.1 Å². The molecule has 0 amide bonds. The molecular weight excluding hydrogens is 817 g/mol. The van der Waals surface area contributed by atoms with Gasteiger partial charge in [-0.1, -0.05) is 82.8 Å². The van der Waals surface area contributed by atoms with Crippen molar-refractivity contribution in [2.75, 3.05) is 14.2 Å². The summed E-state index contributed by atoms with van der Waals surface area (Å²) in [5.74, 6) is 5.09. The van der Waals surface area contributed by atoms with Gasteiger partial charge in [0.15, 0.2) is 0 Å². The Kier molecular flexibility index (Phi) is 18.7. The van der Waals surface area contributed by atoms with Crippen LogP contribution < -0.4 is 9.47 Å². The summed E-state index contributed by atoms with van der Waals surface area (Å²) in [6, 6.07) is 27.2. The number of rotatable bonds is 5. The van der Waals surface area contributed by atoms with E-state index in [9.17, 15) is 18.3 Å². The molecule has 8 atom stereocenters. The molecular formula is C41H52AgF3O8S-. The number of halogens is 3.